The monoisotopic (exact) mass is 270 g/mol. The van der Waals surface area contributed by atoms with Gasteiger partial charge in [0.1, 0.15) is 0 Å². The summed E-state index contributed by atoms with van der Waals surface area (Å²) >= 11 is 0. The van der Waals surface area contributed by atoms with Crippen molar-refractivity contribution in [3.05, 3.63) is 0 Å². The van der Waals surface area contributed by atoms with Gasteiger partial charge in [0.25, 0.3) is 0 Å². The minimum absolute atomic E-state index is 0.0143. The maximum Gasteiger partial charge on any atom is 0.240 e. The predicted molar refractivity (Wildman–Crippen MR) is 83.1 cm³/mol. The normalized spacial score (nSPS) is 11.6. The molecule has 0 atom stereocenters. The first-order chi connectivity index (χ1) is 9.10. The average molecular weight is 270 g/mol. The van der Waals surface area contributed by atoms with Gasteiger partial charge in [-0.15, -0.1) is 0 Å². The molecule has 0 aliphatic rings. The highest BCUT2D eigenvalue weighted by molar-refractivity contribution is 5.85. The van der Waals surface area contributed by atoms with Gasteiger partial charge in [0.15, 0.2) is 0 Å². The molecule has 0 aromatic carbocycles. The summed E-state index contributed by atoms with van der Waals surface area (Å²) in [5, 5.41) is 2.97. The molecule has 0 heterocycles. The van der Waals surface area contributed by atoms with Crippen LogP contribution in [-0.2, 0) is 4.79 Å². The Morgan fingerprint density at radius 2 is 1.37 bits per heavy atom. The van der Waals surface area contributed by atoms with Gasteiger partial charge in [-0.3, -0.25) is 4.79 Å². The number of nitrogens with one attached hydrogen (secondary N) is 1. The second-order valence-corrected chi connectivity index (χ2v) is 5.59. The molecule has 19 heavy (non-hydrogen) atoms. The number of carbonyl (C=O) groups excluding carboxylic acids is 1. The standard InChI is InChI=1S/C16H34N2O/c1-4-7-8-9-10-11-12-13-14-18-15(19)16(17,5-2)6-3/h4-14,17H2,1-3H3,(H,18,19). The molecular formula is C16H34N2O. The van der Waals surface area contributed by atoms with Gasteiger partial charge >= 0.3 is 0 Å². The topological polar surface area (TPSA) is 55.1 Å². The van der Waals surface area contributed by atoms with E-state index in [4.69, 9.17) is 5.73 Å². The van der Waals surface area contributed by atoms with E-state index < -0.39 is 5.54 Å². The lowest BCUT2D eigenvalue weighted by Crippen LogP contribution is -2.53. The third-order valence-corrected chi connectivity index (χ3v) is 4.03. The fourth-order valence-corrected chi connectivity index (χ4v) is 2.21. The number of hydrogen-bond acceptors (Lipinski definition) is 2. The van der Waals surface area contributed by atoms with Gasteiger partial charge in [-0.1, -0.05) is 65.7 Å². The first-order valence-corrected chi connectivity index (χ1v) is 8.17. The van der Waals surface area contributed by atoms with Crippen molar-refractivity contribution in [3.63, 3.8) is 0 Å². The Bertz CT molecular complexity index is 225. The van der Waals surface area contributed by atoms with Crippen LogP contribution < -0.4 is 11.1 Å². The SMILES string of the molecule is CCCCCCCCCCNC(=O)C(N)(CC)CC. The highest BCUT2D eigenvalue weighted by Crippen LogP contribution is 2.11. The molecule has 0 radical (unpaired) electrons. The first-order valence-electron chi connectivity index (χ1n) is 8.17. The lowest BCUT2D eigenvalue weighted by Gasteiger charge is -2.25. The van der Waals surface area contributed by atoms with Crippen molar-refractivity contribution >= 4 is 5.91 Å². The Labute approximate surface area is 119 Å². The predicted octanol–water partition coefficient (Wildman–Crippen LogP) is 3.76. The summed E-state index contributed by atoms with van der Waals surface area (Å²) in [4.78, 5) is 11.9. The molecule has 0 aliphatic heterocycles. The van der Waals surface area contributed by atoms with Crippen molar-refractivity contribution in [2.45, 2.75) is 90.5 Å². The molecule has 0 spiro atoms. The van der Waals surface area contributed by atoms with Gasteiger partial charge in [-0.25, -0.2) is 0 Å². The van der Waals surface area contributed by atoms with Crippen molar-refractivity contribution in [1.82, 2.24) is 5.32 Å². The Morgan fingerprint density at radius 1 is 0.895 bits per heavy atom. The quantitative estimate of drug-likeness (QED) is 0.530. The highest BCUT2D eigenvalue weighted by atomic mass is 16.2. The molecule has 3 nitrogen and oxygen atoms in total. The van der Waals surface area contributed by atoms with Crippen LogP contribution in [0.15, 0.2) is 0 Å². The zero-order valence-corrected chi connectivity index (χ0v) is 13.3. The molecular weight excluding hydrogens is 236 g/mol. The van der Waals surface area contributed by atoms with Crippen molar-refractivity contribution in [1.29, 1.82) is 0 Å². The summed E-state index contributed by atoms with van der Waals surface area (Å²) in [6.45, 7) is 6.96. The van der Waals surface area contributed by atoms with Crippen LogP contribution in [0.25, 0.3) is 0 Å². The fraction of sp³-hybridized carbons (Fsp3) is 0.938. The molecule has 114 valence electrons. The fourth-order valence-electron chi connectivity index (χ4n) is 2.21. The molecule has 0 saturated heterocycles. The van der Waals surface area contributed by atoms with Crippen molar-refractivity contribution < 1.29 is 4.79 Å². The third kappa shape index (κ3) is 8.25. The van der Waals surface area contributed by atoms with E-state index in [0.29, 0.717) is 12.8 Å². The van der Waals surface area contributed by atoms with Gasteiger partial charge < -0.3 is 11.1 Å². The lowest BCUT2D eigenvalue weighted by molar-refractivity contribution is -0.126. The van der Waals surface area contributed by atoms with Crippen LogP contribution in [0.5, 0.6) is 0 Å². The van der Waals surface area contributed by atoms with E-state index in [1.807, 2.05) is 13.8 Å². The molecule has 0 saturated carbocycles. The van der Waals surface area contributed by atoms with Gasteiger partial charge in [-0.05, 0) is 19.3 Å². The zero-order valence-electron chi connectivity index (χ0n) is 13.3. The van der Waals surface area contributed by atoms with Gasteiger partial charge in [0.05, 0.1) is 5.54 Å². The van der Waals surface area contributed by atoms with Crippen LogP contribution in [0.1, 0.15) is 85.0 Å². The lowest BCUT2D eigenvalue weighted by atomic mass is 9.93. The van der Waals surface area contributed by atoms with E-state index >= 15 is 0 Å². The second-order valence-electron chi connectivity index (χ2n) is 5.59. The Morgan fingerprint density at radius 3 is 1.84 bits per heavy atom. The van der Waals surface area contributed by atoms with Crippen molar-refractivity contribution in [3.8, 4) is 0 Å². The summed E-state index contributed by atoms with van der Waals surface area (Å²) in [5.74, 6) is 0.0143. The molecule has 0 rings (SSSR count). The van der Waals surface area contributed by atoms with Crippen molar-refractivity contribution in [2.24, 2.45) is 5.73 Å². The number of amides is 1. The van der Waals surface area contributed by atoms with E-state index in [2.05, 4.69) is 12.2 Å². The highest BCUT2D eigenvalue weighted by Gasteiger charge is 2.29. The molecule has 1 amide bonds. The molecule has 0 aromatic heterocycles. The van der Waals surface area contributed by atoms with Crippen LogP contribution in [0.2, 0.25) is 0 Å². The average Bonchev–Trinajstić information content (AvgIpc) is 2.44. The van der Waals surface area contributed by atoms with E-state index in [1.165, 1.54) is 44.9 Å². The summed E-state index contributed by atoms with van der Waals surface area (Å²) in [6.07, 6.45) is 11.7. The maximum atomic E-state index is 11.9. The molecule has 0 bridgehead atoms. The molecule has 0 aromatic rings. The Balaban J connectivity index is 3.46. The van der Waals surface area contributed by atoms with Crippen LogP contribution in [0.4, 0.5) is 0 Å². The van der Waals surface area contributed by atoms with Gasteiger partial charge in [0, 0.05) is 6.54 Å². The number of unbranched alkanes of at least 4 members (excludes halogenated alkanes) is 7. The van der Waals surface area contributed by atoms with Crippen LogP contribution in [0.3, 0.4) is 0 Å². The first kappa shape index (κ1) is 18.4. The zero-order chi connectivity index (χ0) is 14.6. The molecule has 3 N–H and O–H groups in total. The number of nitrogens with two attached hydrogens (primary N) is 1. The number of hydrogen-bond donors (Lipinski definition) is 2. The van der Waals surface area contributed by atoms with Crippen LogP contribution in [-0.4, -0.2) is 18.0 Å². The number of rotatable bonds is 12. The third-order valence-electron chi connectivity index (χ3n) is 4.03. The van der Waals surface area contributed by atoms with Crippen LogP contribution >= 0.6 is 0 Å². The van der Waals surface area contributed by atoms with E-state index in [1.54, 1.807) is 0 Å². The second kappa shape index (κ2) is 11.3. The van der Waals surface area contributed by atoms with Crippen LogP contribution in [0, 0.1) is 0 Å². The maximum absolute atomic E-state index is 11.9. The summed E-state index contributed by atoms with van der Waals surface area (Å²) < 4.78 is 0. The minimum atomic E-state index is -0.667. The van der Waals surface area contributed by atoms with Crippen molar-refractivity contribution in [2.75, 3.05) is 6.54 Å². The molecule has 0 aliphatic carbocycles. The summed E-state index contributed by atoms with van der Waals surface area (Å²) in [5.41, 5.74) is 5.37. The minimum Gasteiger partial charge on any atom is -0.355 e. The Hall–Kier alpha value is -0.570. The summed E-state index contributed by atoms with van der Waals surface area (Å²) in [7, 11) is 0. The number of carbonyl (C=O) groups is 1. The molecule has 0 unspecified atom stereocenters. The van der Waals surface area contributed by atoms with E-state index in [-0.39, 0.29) is 5.91 Å². The smallest absolute Gasteiger partial charge is 0.240 e. The summed E-state index contributed by atoms with van der Waals surface area (Å²) in [6, 6.07) is 0. The largest absolute Gasteiger partial charge is 0.355 e. The Kier molecular flexibility index (Phi) is 10.9. The van der Waals surface area contributed by atoms with E-state index in [0.717, 1.165) is 13.0 Å². The molecule has 3 heteroatoms. The molecule has 0 fully saturated rings. The van der Waals surface area contributed by atoms with E-state index in [9.17, 15) is 4.79 Å². The van der Waals surface area contributed by atoms with Gasteiger partial charge in [0.2, 0.25) is 5.91 Å². The van der Waals surface area contributed by atoms with Gasteiger partial charge in [-0.2, -0.15) is 0 Å².